The highest BCUT2D eigenvalue weighted by molar-refractivity contribution is 5.71. The molecule has 0 unspecified atom stereocenters. The highest BCUT2D eigenvalue weighted by atomic mass is 16.6. The molecular formula is C56H108O6. The van der Waals surface area contributed by atoms with Crippen LogP contribution in [-0.4, -0.2) is 37.2 Å². The molecule has 0 heterocycles. The Morgan fingerprint density at radius 1 is 0.306 bits per heavy atom. The minimum atomic E-state index is -0.761. The molecule has 0 saturated carbocycles. The Balaban J connectivity index is 4.24. The summed E-state index contributed by atoms with van der Waals surface area (Å²) in [6, 6.07) is 0. The van der Waals surface area contributed by atoms with Crippen LogP contribution >= 0.6 is 0 Å². The van der Waals surface area contributed by atoms with Crippen molar-refractivity contribution in [1.82, 2.24) is 0 Å². The molecule has 0 aromatic heterocycles. The molecule has 0 amide bonds. The van der Waals surface area contributed by atoms with Crippen molar-refractivity contribution in [2.24, 2.45) is 5.92 Å². The highest BCUT2D eigenvalue weighted by Crippen LogP contribution is 2.18. The fourth-order valence-electron chi connectivity index (χ4n) is 8.57. The standard InChI is InChI=1S/C56H108O6/c1-5-7-9-11-13-15-17-18-19-20-21-22-23-24-28-32-36-40-44-48-55(58)61-51-53(50-60-54(57)47-43-39-35-31-26-16-14-12-10-8-6-2)62-56(59)49-45-41-37-33-29-25-27-30-34-38-42-46-52(3)4/h52-53H,5-51H2,1-4H3/t53-/m0/s1. The van der Waals surface area contributed by atoms with Crippen molar-refractivity contribution in [1.29, 1.82) is 0 Å². The summed E-state index contributed by atoms with van der Waals surface area (Å²) in [5, 5.41) is 0. The summed E-state index contributed by atoms with van der Waals surface area (Å²) < 4.78 is 16.8. The highest BCUT2D eigenvalue weighted by Gasteiger charge is 2.19. The van der Waals surface area contributed by atoms with Crippen LogP contribution in [0.1, 0.15) is 317 Å². The van der Waals surface area contributed by atoms with Gasteiger partial charge in [0.15, 0.2) is 6.10 Å². The Bertz CT molecular complexity index is 933. The van der Waals surface area contributed by atoms with Gasteiger partial charge in [-0.1, -0.05) is 278 Å². The van der Waals surface area contributed by atoms with Crippen LogP contribution in [0.3, 0.4) is 0 Å². The average molecular weight is 877 g/mol. The maximum Gasteiger partial charge on any atom is 0.306 e. The third-order valence-corrected chi connectivity index (χ3v) is 12.8. The molecule has 62 heavy (non-hydrogen) atoms. The monoisotopic (exact) mass is 877 g/mol. The number of hydrogen-bond donors (Lipinski definition) is 0. The molecule has 0 aromatic carbocycles. The summed E-state index contributed by atoms with van der Waals surface area (Å²) >= 11 is 0. The number of unbranched alkanes of at least 4 members (excludes halogenated alkanes) is 38. The van der Waals surface area contributed by atoms with Crippen LogP contribution in [0.2, 0.25) is 0 Å². The Morgan fingerprint density at radius 3 is 0.790 bits per heavy atom. The molecule has 0 aromatic rings. The smallest absolute Gasteiger partial charge is 0.306 e. The lowest BCUT2D eigenvalue weighted by Gasteiger charge is -2.18. The van der Waals surface area contributed by atoms with Crippen molar-refractivity contribution < 1.29 is 28.6 Å². The molecule has 368 valence electrons. The molecule has 1 atom stereocenters. The maximum absolute atomic E-state index is 12.8. The first-order valence-corrected chi connectivity index (χ1v) is 27.9. The Hall–Kier alpha value is -1.59. The van der Waals surface area contributed by atoms with Gasteiger partial charge in [0, 0.05) is 19.3 Å². The number of hydrogen-bond acceptors (Lipinski definition) is 6. The summed E-state index contributed by atoms with van der Waals surface area (Å²) in [6.45, 7) is 9.03. The largest absolute Gasteiger partial charge is 0.462 e. The minimum absolute atomic E-state index is 0.0624. The van der Waals surface area contributed by atoms with Crippen LogP contribution in [0, 0.1) is 5.92 Å². The van der Waals surface area contributed by atoms with Gasteiger partial charge in [-0.05, 0) is 25.2 Å². The van der Waals surface area contributed by atoms with E-state index in [9.17, 15) is 14.4 Å². The Labute approximate surface area is 387 Å². The zero-order valence-corrected chi connectivity index (χ0v) is 42.3. The molecule has 0 radical (unpaired) electrons. The number of carbonyl (C=O) groups excluding carboxylic acids is 3. The van der Waals surface area contributed by atoms with E-state index in [2.05, 4.69) is 27.7 Å². The predicted molar refractivity (Wildman–Crippen MR) is 266 cm³/mol. The van der Waals surface area contributed by atoms with Gasteiger partial charge in [-0.25, -0.2) is 0 Å². The molecule has 0 N–H and O–H groups in total. The Morgan fingerprint density at radius 2 is 0.532 bits per heavy atom. The minimum Gasteiger partial charge on any atom is -0.462 e. The first-order chi connectivity index (χ1) is 30.4. The Kier molecular flexibility index (Phi) is 49.1. The zero-order valence-electron chi connectivity index (χ0n) is 42.3. The van der Waals surface area contributed by atoms with E-state index in [1.807, 2.05) is 0 Å². The van der Waals surface area contributed by atoms with Crippen molar-refractivity contribution in [2.75, 3.05) is 13.2 Å². The molecule has 0 aliphatic rings. The summed E-state index contributed by atoms with van der Waals surface area (Å²) in [5.74, 6) is -0.0157. The van der Waals surface area contributed by atoms with Gasteiger partial charge in [-0.15, -0.1) is 0 Å². The quantitative estimate of drug-likeness (QED) is 0.0344. The van der Waals surface area contributed by atoms with Crippen LogP contribution < -0.4 is 0 Å². The SMILES string of the molecule is CCCCCCCCCCCCCCCCCCCCCC(=O)OC[C@H](COC(=O)CCCCCCCCCCCCC)OC(=O)CCCCCCCCCCCCCC(C)C. The molecule has 0 rings (SSSR count). The molecule has 0 saturated heterocycles. The molecule has 6 nitrogen and oxygen atoms in total. The van der Waals surface area contributed by atoms with Crippen LogP contribution in [0.5, 0.6) is 0 Å². The van der Waals surface area contributed by atoms with E-state index >= 15 is 0 Å². The molecule has 6 heteroatoms. The third kappa shape index (κ3) is 49.4. The second kappa shape index (κ2) is 50.4. The normalized spacial score (nSPS) is 12.0. The molecule has 0 fully saturated rings. The number of rotatable bonds is 51. The van der Waals surface area contributed by atoms with Gasteiger partial charge < -0.3 is 14.2 Å². The van der Waals surface area contributed by atoms with Crippen LogP contribution in [0.4, 0.5) is 0 Å². The van der Waals surface area contributed by atoms with E-state index in [0.29, 0.717) is 19.3 Å². The van der Waals surface area contributed by atoms with Crippen LogP contribution in [0.25, 0.3) is 0 Å². The van der Waals surface area contributed by atoms with Gasteiger partial charge in [0.1, 0.15) is 13.2 Å². The summed E-state index contributed by atoms with van der Waals surface area (Å²) in [4.78, 5) is 38.0. The van der Waals surface area contributed by atoms with Crippen molar-refractivity contribution in [3.05, 3.63) is 0 Å². The lowest BCUT2D eigenvalue weighted by Crippen LogP contribution is -2.30. The van der Waals surface area contributed by atoms with Crippen LogP contribution in [0.15, 0.2) is 0 Å². The van der Waals surface area contributed by atoms with Crippen molar-refractivity contribution >= 4 is 17.9 Å². The van der Waals surface area contributed by atoms with E-state index in [-0.39, 0.29) is 31.1 Å². The van der Waals surface area contributed by atoms with Crippen LogP contribution in [-0.2, 0) is 28.6 Å². The van der Waals surface area contributed by atoms with Crippen molar-refractivity contribution in [3.63, 3.8) is 0 Å². The molecule has 0 spiro atoms. The van der Waals surface area contributed by atoms with Gasteiger partial charge in [-0.3, -0.25) is 14.4 Å². The molecule has 0 aliphatic carbocycles. The third-order valence-electron chi connectivity index (χ3n) is 12.8. The molecular weight excluding hydrogens is 769 g/mol. The van der Waals surface area contributed by atoms with Gasteiger partial charge in [0.2, 0.25) is 0 Å². The summed E-state index contributed by atoms with van der Waals surface area (Å²) in [5.41, 5.74) is 0. The van der Waals surface area contributed by atoms with Gasteiger partial charge >= 0.3 is 17.9 Å². The maximum atomic E-state index is 12.8. The second-order valence-electron chi connectivity index (χ2n) is 19.7. The van der Waals surface area contributed by atoms with Crippen molar-refractivity contribution in [3.8, 4) is 0 Å². The topological polar surface area (TPSA) is 78.9 Å². The first kappa shape index (κ1) is 60.4. The predicted octanol–water partition coefficient (Wildman–Crippen LogP) is 18.2. The van der Waals surface area contributed by atoms with E-state index in [0.717, 1.165) is 63.7 Å². The fourth-order valence-corrected chi connectivity index (χ4v) is 8.57. The first-order valence-electron chi connectivity index (χ1n) is 27.9. The van der Waals surface area contributed by atoms with E-state index < -0.39 is 6.10 Å². The second-order valence-corrected chi connectivity index (χ2v) is 19.7. The van der Waals surface area contributed by atoms with Gasteiger partial charge in [-0.2, -0.15) is 0 Å². The molecule has 0 bridgehead atoms. The zero-order chi connectivity index (χ0) is 45.2. The van der Waals surface area contributed by atoms with Crippen molar-refractivity contribution in [2.45, 2.75) is 323 Å². The van der Waals surface area contributed by atoms with E-state index in [1.54, 1.807) is 0 Å². The lowest BCUT2D eigenvalue weighted by molar-refractivity contribution is -0.167. The number of ether oxygens (including phenoxy) is 3. The summed E-state index contributed by atoms with van der Waals surface area (Å²) in [6.07, 6.45) is 53.8. The van der Waals surface area contributed by atoms with Gasteiger partial charge in [0.25, 0.3) is 0 Å². The number of carbonyl (C=O) groups is 3. The van der Waals surface area contributed by atoms with Gasteiger partial charge in [0.05, 0.1) is 0 Å². The summed E-state index contributed by atoms with van der Waals surface area (Å²) in [7, 11) is 0. The van der Waals surface area contributed by atoms with E-state index in [4.69, 9.17) is 14.2 Å². The lowest BCUT2D eigenvalue weighted by atomic mass is 10.0. The fraction of sp³-hybridized carbons (Fsp3) is 0.946. The number of esters is 3. The molecule has 0 aliphatic heterocycles. The average Bonchev–Trinajstić information content (AvgIpc) is 3.26. The van der Waals surface area contributed by atoms with E-state index in [1.165, 1.54) is 212 Å².